The minimum absolute atomic E-state index is 0.315. The van der Waals surface area contributed by atoms with Crippen LogP contribution in [0.1, 0.15) is 20.7 Å². The van der Waals surface area contributed by atoms with Crippen LogP contribution < -0.4 is 0 Å². The largest absolute Gasteiger partial charge is 0.478 e. The molecule has 138 valence electrons. The number of carboxylic acid groups (broad SMARTS) is 2. The van der Waals surface area contributed by atoms with E-state index < -0.39 is 11.9 Å². The van der Waals surface area contributed by atoms with Crippen molar-refractivity contribution < 1.29 is 19.8 Å². The molecule has 0 aliphatic rings. The highest BCUT2D eigenvalue weighted by molar-refractivity contribution is 6.03. The summed E-state index contributed by atoms with van der Waals surface area (Å²) < 4.78 is 0. The maximum Gasteiger partial charge on any atom is 0.336 e. The number of fused-ring (bicyclic) bond motifs is 1. The molecule has 0 atom stereocenters. The molecule has 0 spiro atoms. The van der Waals surface area contributed by atoms with E-state index in [2.05, 4.69) is 0 Å². The summed E-state index contributed by atoms with van der Waals surface area (Å²) in [5.41, 5.74) is 2.79. The molecule has 0 heterocycles. The molecule has 2 N–H and O–H groups in total. The van der Waals surface area contributed by atoms with Gasteiger partial charge in [-0.3, -0.25) is 0 Å². The molecule has 4 heteroatoms. The summed E-state index contributed by atoms with van der Waals surface area (Å²) in [5.74, 6) is -1.77. The quantitative estimate of drug-likeness (QED) is 0.493. The zero-order valence-corrected chi connectivity index (χ0v) is 14.9. The molecule has 0 amide bonds. The molecule has 0 unspecified atom stereocenters. The maximum absolute atomic E-state index is 10.8. The predicted octanol–water partition coefficient (Wildman–Crippen LogP) is 5.59. The van der Waals surface area contributed by atoms with Crippen molar-refractivity contribution in [2.45, 2.75) is 0 Å². The van der Waals surface area contributed by atoms with Gasteiger partial charge in [0.05, 0.1) is 11.1 Å². The fourth-order valence-corrected chi connectivity index (χ4v) is 2.85. The first-order chi connectivity index (χ1) is 13.6. The van der Waals surface area contributed by atoms with Gasteiger partial charge in [-0.1, -0.05) is 78.9 Å². The van der Waals surface area contributed by atoms with Gasteiger partial charge >= 0.3 is 11.9 Å². The average molecular weight is 370 g/mol. The van der Waals surface area contributed by atoms with E-state index in [-0.39, 0.29) is 0 Å². The van der Waals surface area contributed by atoms with Crippen molar-refractivity contribution in [3.63, 3.8) is 0 Å². The van der Waals surface area contributed by atoms with Gasteiger partial charge < -0.3 is 10.2 Å². The second-order valence-electron chi connectivity index (χ2n) is 6.08. The number of hydrogen-bond acceptors (Lipinski definition) is 2. The molecule has 0 aromatic heterocycles. The van der Waals surface area contributed by atoms with Gasteiger partial charge in [-0.15, -0.1) is 0 Å². The van der Waals surface area contributed by atoms with E-state index in [4.69, 9.17) is 10.2 Å². The smallest absolute Gasteiger partial charge is 0.336 e. The third-order valence-electron chi connectivity index (χ3n) is 4.26. The predicted molar refractivity (Wildman–Crippen MR) is 110 cm³/mol. The highest BCUT2D eigenvalue weighted by Crippen LogP contribution is 2.19. The van der Waals surface area contributed by atoms with E-state index >= 15 is 0 Å². The summed E-state index contributed by atoms with van der Waals surface area (Å²) in [6.07, 6.45) is 0. The van der Waals surface area contributed by atoms with E-state index in [1.54, 1.807) is 24.3 Å². The Morgan fingerprint density at radius 1 is 0.536 bits per heavy atom. The van der Waals surface area contributed by atoms with Crippen LogP contribution in [0, 0.1) is 0 Å². The van der Waals surface area contributed by atoms with Crippen molar-refractivity contribution in [2.24, 2.45) is 0 Å². The standard InChI is InChI=1S/C13H10O2.C11H8O2/c14-13(15)12-8-6-11(7-9-12)10-4-2-1-3-5-10;12-11(13)10-7-3-5-8-4-1-2-6-9(8)10/h1-9H,(H,14,15);1-7H,(H,12,13). The molecule has 4 nitrogen and oxygen atoms in total. The average Bonchev–Trinajstić information content (AvgIpc) is 2.74. The van der Waals surface area contributed by atoms with Crippen LogP contribution in [-0.2, 0) is 0 Å². The van der Waals surface area contributed by atoms with Crippen molar-refractivity contribution in [3.8, 4) is 11.1 Å². The van der Waals surface area contributed by atoms with Crippen LogP contribution in [0.2, 0.25) is 0 Å². The Morgan fingerprint density at radius 3 is 1.75 bits per heavy atom. The van der Waals surface area contributed by atoms with Gasteiger partial charge in [0.15, 0.2) is 0 Å². The van der Waals surface area contributed by atoms with Crippen molar-refractivity contribution in [1.82, 2.24) is 0 Å². The van der Waals surface area contributed by atoms with Crippen LogP contribution in [0.5, 0.6) is 0 Å². The first-order valence-electron chi connectivity index (χ1n) is 8.66. The molecule has 0 radical (unpaired) electrons. The molecular weight excluding hydrogens is 352 g/mol. The van der Waals surface area contributed by atoms with E-state index in [9.17, 15) is 9.59 Å². The monoisotopic (exact) mass is 370 g/mol. The fraction of sp³-hybridized carbons (Fsp3) is 0. The Bertz CT molecular complexity index is 1090. The van der Waals surface area contributed by atoms with Gasteiger partial charge in [-0.2, -0.15) is 0 Å². The molecule has 0 saturated heterocycles. The summed E-state index contributed by atoms with van der Waals surface area (Å²) in [7, 11) is 0. The lowest BCUT2D eigenvalue weighted by molar-refractivity contribution is 0.0687. The molecule has 4 aromatic carbocycles. The number of carbonyl (C=O) groups is 2. The zero-order chi connectivity index (χ0) is 19.9. The molecular formula is C24H18O4. The fourth-order valence-electron chi connectivity index (χ4n) is 2.85. The lowest BCUT2D eigenvalue weighted by atomic mass is 10.0. The van der Waals surface area contributed by atoms with Gasteiger partial charge in [0.25, 0.3) is 0 Å². The van der Waals surface area contributed by atoms with E-state index in [1.165, 1.54) is 0 Å². The molecule has 0 aliphatic carbocycles. The maximum atomic E-state index is 10.8. The normalized spacial score (nSPS) is 10.0. The van der Waals surface area contributed by atoms with E-state index in [0.29, 0.717) is 11.1 Å². The van der Waals surface area contributed by atoms with Gasteiger partial charge in [0.1, 0.15) is 0 Å². The Morgan fingerprint density at radius 2 is 1.11 bits per heavy atom. The first-order valence-corrected chi connectivity index (χ1v) is 8.66. The lowest BCUT2D eigenvalue weighted by Crippen LogP contribution is -1.96. The zero-order valence-electron chi connectivity index (χ0n) is 14.9. The van der Waals surface area contributed by atoms with Crippen LogP contribution in [0.4, 0.5) is 0 Å². The highest BCUT2D eigenvalue weighted by Gasteiger charge is 2.06. The summed E-state index contributed by atoms with van der Waals surface area (Å²) in [6.45, 7) is 0. The van der Waals surface area contributed by atoms with E-state index in [1.807, 2.05) is 72.8 Å². The summed E-state index contributed by atoms with van der Waals surface area (Å²) >= 11 is 0. The number of rotatable bonds is 3. The Kier molecular flexibility index (Phi) is 5.82. The number of benzene rings is 4. The third-order valence-corrected chi connectivity index (χ3v) is 4.26. The molecule has 4 aromatic rings. The van der Waals surface area contributed by atoms with Crippen molar-refractivity contribution >= 4 is 22.7 Å². The lowest BCUT2D eigenvalue weighted by Gasteiger charge is -2.01. The van der Waals surface area contributed by atoms with Crippen molar-refractivity contribution in [2.75, 3.05) is 0 Å². The SMILES string of the molecule is O=C(O)c1ccc(-c2ccccc2)cc1.O=C(O)c1cccc2ccccc12. The van der Waals surface area contributed by atoms with Crippen molar-refractivity contribution in [1.29, 1.82) is 0 Å². The van der Waals surface area contributed by atoms with Gasteiger partial charge in [-0.05, 0) is 40.1 Å². The summed E-state index contributed by atoms with van der Waals surface area (Å²) in [5, 5.41) is 19.4. The Balaban J connectivity index is 0.000000162. The summed E-state index contributed by atoms with van der Waals surface area (Å²) in [4.78, 5) is 21.5. The van der Waals surface area contributed by atoms with Gasteiger partial charge in [0, 0.05) is 0 Å². The molecule has 0 aliphatic heterocycles. The number of aromatic carboxylic acids is 2. The van der Waals surface area contributed by atoms with Crippen molar-refractivity contribution in [3.05, 3.63) is 108 Å². The minimum Gasteiger partial charge on any atom is -0.478 e. The Hall–Kier alpha value is -3.92. The molecule has 4 rings (SSSR count). The van der Waals surface area contributed by atoms with E-state index in [0.717, 1.165) is 21.9 Å². The Labute approximate surface area is 162 Å². The third kappa shape index (κ3) is 4.43. The second-order valence-corrected chi connectivity index (χ2v) is 6.08. The van der Waals surface area contributed by atoms with Crippen LogP contribution in [0.15, 0.2) is 97.1 Å². The van der Waals surface area contributed by atoms with Gasteiger partial charge in [0.2, 0.25) is 0 Å². The van der Waals surface area contributed by atoms with Crippen LogP contribution >= 0.6 is 0 Å². The number of carboxylic acids is 2. The first kappa shape index (κ1) is 18.9. The molecule has 28 heavy (non-hydrogen) atoms. The van der Waals surface area contributed by atoms with Crippen LogP contribution in [-0.4, -0.2) is 22.2 Å². The molecule has 0 fully saturated rings. The topological polar surface area (TPSA) is 74.6 Å². The molecule has 0 saturated carbocycles. The van der Waals surface area contributed by atoms with Crippen LogP contribution in [0.25, 0.3) is 21.9 Å². The highest BCUT2D eigenvalue weighted by atomic mass is 16.4. The molecule has 0 bridgehead atoms. The van der Waals surface area contributed by atoms with Gasteiger partial charge in [-0.25, -0.2) is 9.59 Å². The second kappa shape index (κ2) is 8.64. The number of hydrogen-bond donors (Lipinski definition) is 2. The van der Waals surface area contributed by atoms with Crippen LogP contribution in [0.3, 0.4) is 0 Å². The summed E-state index contributed by atoms with van der Waals surface area (Å²) in [6, 6.07) is 29.5. The minimum atomic E-state index is -0.894.